The van der Waals surface area contributed by atoms with Crippen LogP contribution in [0.25, 0.3) is 0 Å². The van der Waals surface area contributed by atoms with E-state index in [9.17, 15) is 13.2 Å². The molecule has 0 bridgehead atoms. The summed E-state index contributed by atoms with van der Waals surface area (Å²) in [7, 11) is -3.79. The van der Waals surface area contributed by atoms with Gasteiger partial charge in [0.15, 0.2) is 11.6 Å². The lowest BCUT2D eigenvalue weighted by molar-refractivity contribution is 0.208. The fraction of sp³-hybridized carbons (Fsp3) is 0.261. The molecule has 10 heteroatoms. The van der Waals surface area contributed by atoms with Gasteiger partial charge in [-0.3, -0.25) is 4.72 Å². The molecule has 2 heterocycles. The SMILES string of the molecule is Cc1cc(C)cc(NC(=O)N2CCN(c3nccnc3NS(=O)(=O)c3ccccc3)CC2)c1. The normalized spacial score (nSPS) is 14.1. The molecule has 0 unspecified atom stereocenters. The minimum atomic E-state index is -3.79. The Kier molecular flexibility index (Phi) is 6.45. The number of urea groups is 1. The summed E-state index contributed by atoms with van der Waals surface area (Å²) in [6.07, 6.45) is 2.97. The number of aryl methyl sites for hydroxylation is 2. The smallest absolute Gasteiger partial charge is 0.321 e. The van der Waals surface area contributed by atoms with Crippen LogP contribution in [0.15, 0.2) is 65.8 Å². The van der Waals surface area contributed by atoms with E-state index in [1.165, 1.54) is 24.5 Å². The molecule has 1 fully saturated rings. The zero-order valence-corrected chi connectivity index (χ0v) is 19.3. The number of hydrogen-bond donors (Lipinski definition) is 2. The Morgan fingerprint density at radius 2 is 1.55 bits per heavy atom. The fourth-order valence-corrected chi connectivity index (χ4v) is 4.82. The molecule has 2 N–H and O–H groups in total. The molecule has 0 aliphatic carbocycles. The maximum absolute atomic E-state index is 12.7. The van der Waals surface area contributed by atoms with Crippen molar-refractivity contribution in [3.05, 3.63) is 72.1 Å². The van der Waals surface area contributed by atoms with Crippen LogP contribution >= 0.6 is 0 Å². The standard InChI is InChI=1S/C23H26N6O3S/c1-17-14-18(2)16-19(15-17)26-23(30)29-12-10-28(11-13-29)22-21(24-8-9-25-22)27-33(31,32)20-6-4-3-5-7-20/h3-9,14-16H,10-13H2,1-2H3,(H,24,27)(H,26,30). The Bertz CT molecular complexity index is 1220. The Balaban J connectivity index is 1.42. The molecule has 0 saturated carbocycles. The molecule has 172 valence electrons. The maximum atomic E-state index is 12.7. The number of carbonyl (C=O) groups excluding carboxylic acids is 1. The van der Waals surface area contributed by atoms with Gasteiger partial charge in [-0.2, -0.15) is 0 Å². The summed E-state index contributed by atoms with van der Waals surface area (Å²) in [4.78, 5) is 25.1. The van der Waals surface area contributed by atoms with Gasteiger partial charge in [0.25, 0.3) is 10.0 Å². The lowest BCUT2D eigenvalue weighted by Gasteiger charge is -2.35. The molecule has 3 aromatic rings. The van der Waals surface area contributed by atoms with Crippen molar-refractivity contribution in [1.29, 1.82) is 0 Å². The highest BCUT2D eigenvalue weighted by Crippen LogP contribution is 2.24. The molecule has 2 amide bonds. The molecule has 0 spiro atoms. The van der Waals surface area contributed by atoms with Crippen molar-refractivity contribution in [2.45, 2.75) is 18.7 Å². The molecule has 9 nitrogen and oxygen atoms in total. The van der Waals surface area contributed by atoms with E-state index in [1.54, 1.807) is 23.1 Å². The Morgan fingerprint density at radius 3 is 2.21 bits per heavy atom. The van der Waals surface area contributed by atoms with Crippen LogP contribution in [0.2, 0.25) is 0 Å². The zero-order chi connectivity index (χ0) is 23.4. The third-order valence-corrected chi connectivity index (χ3v) is 6.66. The Hall–Kier alpha value is -3.66. The fourth-order valence-electron chi connectivity index (χ4n) is 3.79. The summed E-state index contributed by atoms with van der Waals surface area (Å²) in [5.74, 6) is 0.598. The van der Waals surface area contributed by atoms with Gasteiger partial charge < -0.3 is 15.1 Å². The highest BCUT2D eigenvalue weighted by atomic mass is 32.2. The van der Waals surface area contributed by atoms with Gasteiger partial charge in [0.1, 0.15) is 0 Å². The molecule has 1 aromatic heterocycles. The summed E-state index contributed by atoms with van der Waals surface area (Å²) < 4.78 is 28.0. The molecule has 33 heavy (non-hydrogen) atoms. The number of carbonyl (C=O) groups is 1. The van der Waals surface area contributed by atoms with E-state index in [2.05, 4.69) is 26.1 Å². The third kappa shape index (κ3) is 5.40. The van der Waals surface area contributed by atoms with Crippen molar-refractivity contribution in [3.63, 3.8) is 0 Å². The number of aromatic nitrogens is 2. The molecule has 1 saturated heterocycles. The predicted molar refractivity (Wildman–Crippen MR) is 128 cm³/mol. The largest absolute Gasteiger partial charge is 0.350 e. The summed E-state index contributed by atoms with van der Waals surface area (Å²) in [6.45, 7) is 5.92. The lowest BCUT2D eigenvalue weighted by Crippen LogP contribution is -2.50. The minimum absolute atomic E-state index is 0.148. The zero-order valence-electron chi connectivity index (χ0n) is 18.5. The van der Waals surface area contributed by atoms with E-state index < -0.39 is 10.0 Å². The van der Waals surface area contributed by atoms with Crippen molar-refractivity contribution in [1.82, 2.24) is 14.9 Å². The second-order valence-corrected chi connectivity index (χ2v) is 9.61. The average molecular weight is 467 g/mol. The van der Waals surface area contributed by atoms with Crippen LogP contribution in [-0.2, 0) is 10.0 Å². The van der Waals surface area contributed by atoms with Crippen molar-refractivity contribution >= 4 is 33.4 Å². The van der Waals surface area contributed by atoms with E-state index in [-0.39, 0.29) is 16.7 Å². The molecule has 0 radical (unpaired) electrons. The first-order valence-corrected chi connectivity index (χ1v) is 12.1. The molecular weight excluding hydrogens is 440 g/mol. The molecule has 4 rings (SSSR count). The second kappa shape index (κ2) is 9.45. The molecular formula is C23H26N6O3S. The van der Waals surface area contributed by atoms with Crippen LogP contribution in [0, 0.1) is 13.8 Å². The summed E-state index contributed by atoms with van der Waals surface area (Å²) in [5.41, 5.74) is 2.94. The van der Waals surface area contributed by atoms with Gasteiger partial charge in [0.2, 0.25) is 0 Å². The van der Waals surface area contributed by atoms with Crippen molar-refractivity contribution in [2.75, 3.05) is 41.1 Å². The van der Waals surface area contributed by atoms with Crippen molar-refractivity contribution in [3.8, 4) is 0 Å². The van der Waals surface area contributed by atoms with Gasteiger partial charge in [0, 0.05) is 44.3 Å². The first-order valence-electron chi connectivity index (χ1n) is 10.6. The first kappa shape index (κ1) is 22.5. The van der Waals surface area contributed by atoms with Crippen LogP contribution in [0.4, 0.5) is 22.1 Å². The van der Waals surface area contributed by atoms with Crippen molar-refractivity contribution < 1.29 is 13.2 Å². The van der Waals surface area contributed by atoms with E-state index in [4.69, 9.17) is 0 Å². The molecule has 0 atom stereocenters. The van der Waals surface area contributed by atoms with E-state index >= 15 is 0 Å². The van der Waals surface area contributed by atoms with Crippen LogP contribution in [0.3, 0.4) is 0 Å². The number of anilines is 3. The van der Waals surface area contributed by atoms with Gasteiger partial charge in [-0.05, 0) is 49.2 Å². The maximum Gasteiger partial charge on any atom is 0.321 e. The number of rotatable bonds is 5. The van der Waals surface area contributed by atoms with Gasteiger partial charge in [0.05, 0.1) is 4.90 Å². The number of piperazine rings is 1. The Labute approximate surface area is 193 Å². The highest BCUT2D eigenvalue weighted by molar-refractivity contribution is 7.92. The third-order valence-electron chi connectivity index (χ3n) is 5.30. The van der Waals surface area contributed by atoms with E-state index in [1.807, 2.05) is 30.9 Å². The predicted octanol–water partition coefficient (Wildman–Crippen LogP) is 3.25. The quantitative estimate of drug-likeness (QED) is 0.598. The van der Waals surface area contributed by atoms with Gasteiger partial charge in [-0.15, -0.1) is 0 Å². The monoisotopic (exact) mass is 466 g/mol. The minimum Gasteiger partial charge on any atom is -0.350 e. The van der Waals surface area contributed by atoms with Crippen LogP contribution in [-0.4, -0.2) is 55.5 Å². The summed E-state index contributed by atoms with van der Waals surface area (Å²) >= 11 is 0. The molecule has 1 aliphatic heterocycles. The van der Waals surface area contributed by atoms with Crippen LogP contribution in [0.1, 0.15) is 11.1 Å². The average Bonchev–Trinajstić information content (AvgIpc) is 2.79. The first-order chi connectivity index (χ1) is 15.8. The van der Waals surface area contributed by atoms with Gasteiger partial charge >= 0.3 is 6.03 Å². The number of nitrogens with one attached hydrogen (secondary N) is 2. The van der Waals surface area contributed by atoms with Crippen LogP contribution in [0.5, 0.6) is 0 Å². The van der Waals surface area contributed by atoms with Gasteiger partial charge in [-0.1, -0.05) is 24.3 Å². The second-order valence-electron chi connectivity index (χ2n) is 7.93. The number of nitrogens with zero attached hydrogens (tertiary/aromatic N) is 4. The number of amides is 2. The molecule has 2 aromatic carbocycles. The van der Waals surface area contributed by atoms with E-state index in [0.717, 1.165) is 16.8 Å². The highest BCUT2D eigenvalue weighted by Gasteiger charge is 2.25. The summed E-state index contributed by atoms with van der Waals surface area (Å²) in [5, 5.41) is 2.96. The topological polar surface area (TPSA) is 108 Å². The van der Waals surface area contributed by atoms with Gasteiger partial charge in [-0.25, -0.2) is 23.2 Å². The van der Waals surface area contributed by atoms with Crippen molar-refractivity contribution in [2.24, 2.45) is 0 Å². The van der Waals surface area contributed by atoms with E-state index in [0.29, 0.717) is 32.0 Å². The lowest BCUT2D eigenvalue weighted by atomic mass is 10.1. The summed E-state index contributed by atoms with van der Waals surface area (Å²) in [6, 6.07) is 13.9. The number of hydrogen-bond acceptors (Lipinski definition) is 6. The number of benzene rings is 2. The van der Waals surface area contributed by atoms with Crippen LogP contribution < -0.4 is 14.9 Å². The number of sulfonamides is 1. The Morgan fingerprint density at radius 1 is 0.909 bits per heavy atom. The molecule has 1 aliphatic rings.